The third kappa shape index (κ3) is 4.93. The molecule has 0 fully saturated rings. The summed E-state index contributed by atoms with van der Waals surface area (Å²) in [7, 11) is -3.76. The van der Waals surface area contributed by atoms with Crippen molar-refractivity contribution in [3.05, 3.63) is 59.4 Å². The maximum Gasteiger partial charge on any atom is 0.248 e. The number of anilines is 2. The zero-order chi connectivity index (χ0) is 18.6. The van der Waals surface area contributed by atoms with E-state index in [-0.39, 0.29) is 12.1 Å². The average Bonchev–Trinajstić information content (AvgIpc) is 2.54. The van der Waals surface area contributed by atoms with E-state index in [0.29, 0.717) is 10.7 Å². The van der Waals surface area contributed by atoms with E-state index in [1.165, 1.54) is 12.1 Å². The summed E-state index contributed by atoms with van der Waals surface area (Å²) < 4.78 is 38.7. The summed E-state index contributed by atoms with van der Waals surface area (Å²) in [6, 6.07) is 10.5. The number of nitrogens with one attached hydrogen (secondary N) is 1. The molecule has 0 aliphatic rings. The summed E-state index contributed by atoms with van der Waals surface area (Å²) in [6.45, 7) is 1.70. The van der Waals surface area contributed by atoms with Crippen LogP contribution in [0, 0.1) is 5.82 Å². The van der Waals surface area contributed by atoms with Crippen molar-refractivity contribution in [3.63, 3.8) is 0 Å². The molecule has 1 atom stereocenters. The molecule has 0 heterocycles. The maximum atomic E-state index is 13.2. The molecule has 0 aliphatic heterocycles. The minimum atomic E-state index is -3.76. The van der Waals surface area contributed by atoms with Gasteiger partial charge in [0.2, 0.25) is 15.9 Å². The summed E-state index contributed by atoms with van der Waals surface area (Å²) in [5, 5.41) is 3.20. The predicted molar refractivity (Wildman–Crippen MR) is 97.9 cm³/mol. The van der Waals surface area contributed by atoms with Crippen LogP contribution in [0.25, 0.3) is 0 Å². The van der Waals surface area contributed by atoms with Gasteiger partial charge in [0, 0.05) is 10.7 Å². The summed E-state index contributed by atoms with van der Waals surface area (Å²) in [5.74, 6) is -0.976. The average molecular weight is 385 g/mol. The number of carbonyl (C=O) groups excluding carboxylic acids is 1. The van der Waals surface area contributed by atoms with Crippen LogP contribution in [0.5, 0.6) is 0 Å². The highest BCUT2D eigenvalue weighted by Gasteiger charge is 2.31. The number of carbonyl (C=O) groups is 1. The quantitative estimate of drug-likeness (QED) is 0.826. The topological polar surface area (TPSA) is 66.5 Å². The van der Waals surface area contributed by atoms with Crippen molar-refractivity contribution in [1.82, 2.24) is 0 Å². The van der Waals surface area contributed by atoms with Gasteiger partial charge >= 0.3 is 0 Å². The fourth-order valence-corrected chi connectivity index (χ4v) is 3.74. The van der Waals surface area contributed by atoms with Crippen molar-refractivity contribution < 1.29 is 17.6 Å². The first-order valence-corrected chi connectivity index (χ1v) is 9.76. The third-order valence-corrected chi connectivity index (χ3v) is 4.95. The molecule has 2 rings (SSSR count). The second-order valence-electron chi connectivity index (χ2n) is 5.46. The molecular weight excluding hydrogens is 367 g/mol. The number of halogens is 2. The molecule has 0 spiro atoms. The van der Waals surface area contributed by atoms with Gasteiger partial charge in [-0.15, -0.1) is 0 Å². The molecule has 1 amide bonds. The van der Waals surface area contributed by atoms with E-state index >= 15 is 0 Å². The highest BCUT2D eigenvalue weighted by molar-refractivity contribution is 7.92. The van der Waals surface area contributed by atoms with Gasteiger partial charge in [-0.3, -0.25) is 9.10 Å². The molecule has 0 aromatic heterocycles. The smallest absolute Gasteiger partial charge is 0.248 e. The fourth-order valence-electron chi connectivity index (χ4n) is 2.41. The van der Waals surface area contributed by atoms with Crippen molar-refractivity contribution in [2.75, 3.05) is 15.9 Å². The summed E-state index contributed by atoms with van der Waals surface area (Å²) in [6.07, 6.45) is 1.25. The van der Waals surface area contributed by atoms with Gasteiger partial charge in [-0.05, 0) is 55.0 Å². The van der Waals surface area contributed by atoms with Crippen LogP contribution in [-0.2, 0) is 14.8 Å². The molecule has 0 aliphatic carbocycles. The molecule has 2 aromatic carbocycles. The molecule has 0 saturated carbocycles. The third-order valence-electron chi connectivity index (χ3n) is 3.52. The molecule has 8 heteroatoms. The summed E-state index contributed by atoms with van der Waals surface area (Å²) in [4.78, 5) is 12.6. The van der Waals surface area contributed by atoms with Crippen molar-refractivity contribution >= 4 is 38.9 Å². The van der Waals surface area contributed by atoms with Crippen LogP contribution in [0.1, 0.15) is 13.3 Å². The van der Waals surface area contributed by atoms with Crippen LogP contribution >= 0.6 is 11.6 Å². The van der Waals surface area contributed by atoms with E-state index in [9.17, 15) is 17.6 Å². The lowest BCUT2D eigenvalue weighted by molar-refractivity contribution is -0.117. The Kier molecular flexibility index (Phi) is 6.02. The van der Waals surface area contributed by atoms with Gasteiger partial charge < -0.3 is 5.32 Å². The van der Waals surface area contributed by atoms with Gasteiger partial charge in [0.15, 0.2) is 0 Å². The van der Waals surface area contributed by atoms with Crippen LogP contribution in [0.2, 0.25) is 5.02 Å². The first-order chi connectivity index (χ1) is 11.7. The standard InChI is InChI=1S/C17H18ClFN2O3S/c1-3-16(17(22)20-14-8-4-12(18)5-9-14)21(25(2,23)24)15-10-6-13(19)7-11-15/h4-11,16H,3H2,1-2H3,(H,20,22)/t16-/m0/s1. The number of rotatable bonds is 6. The van der Waals surface area contributed by atoms with Gasteiger partial charge in [0.25, 0.3) is 0 Å². The Labute approximate surface area is 151 Å². The van der Waals surface area contributed by atoms with E-state index in [1.54, 1.807) is 31.2 Å². The molecule has 2 aromatic rings. The molecule has 1 N–H and O–H groups in total. The Morgan fingerprint density at radius 2 is 1.72 bits per heavy atom. The number of benzene rings is 2. The minimum Gasteiger partial charge on any atom is -0.324 e. The lowest BCUT2D eigenvalue weighted by Gasteiger charge is -2.30. The van der Waals surface area contributed by atoms with E-state index in [2.05, 4.69) is 5.32 Å². The lowest BCUT2D eigenvalue weighted by atomic mass is 10.2. The number of hydrogen-bond donors (Lipinski definition) is 1. The molecule has 0 radical (unpaired) electrons. The monoisotopic (exact) mass is 384 g/mol. The highest BCUT2D eigenvalue weighted by atomic mass is 35.5. The van der Waals surface area contributed by atoms with Crippen LogP contribution in [-0.4, -0.2) is 26.6 Å². The Balaban J connectivity index is 2.34. The van der Waals surface area contributed by atoms with Crippen LogP contribution < -0.4 is 9.62 Å². The Morgan fingerprint density at radius 1 is 1.16 bits per heavy atom. The number of amides is 1. The Bertz CT molecular complexity index is 839. The summed E-state index contributed by atoms with van der Waals surface area (Å²) in [5.41, 5.74) is 0.724. The second-order valence-corrected chi connectivity index (χ2v) is 7.75. The summed E-state index contributed by atoms with van der Waals surface area (Å²) >= 11 is 5.81. The number of sulfonamides is 1. The molecule has 0 saturated heterocycles. The van der Waals surface area contributed by atoms with E-state index in [4.69, 9.17) is 11.6 Å². The van der Waals surface area contributed by atoms with Crippen LogP contribution in [0.15, 0.2) is 48.5 Å². The van der Waals surface area contributed by atoms with Gasteiger partial charge in [0.1, 0.15) is 11.9 Å². The highest BCUT2D eigenvalue weighted by Crippen LogP contribution is 2.24. The SMILES string of the molecule is CC[C@@H](C(=O)Nc1ccc(Cl)cc1)N(c1ccc(F)cc1)S(C)(=O)=O. The Morgan fingerprint density at radius 3 is 2.20 bits per heavy atom. The second kappa shape index (κ2) is 7.84. The van der Waals surface area contributed by atoms with E-state index in [1.807, 2.05) is 0 Å². The number of hydrogen-bond acceptors (Lipinski definition) is 3. The molecule has 25 heavy (non-hydrogen) atoms. The lowest BCUT2D eigenvalue weighted by Crippen LogP contribution is -2.47. The van der Waals surface area contributed by atoms with Crippen molar-refractivity contribution in [3.8, 4) is 0 Å². The molecule has 0 unspecified atom stereocenters. The molecule has 5 nitrogen and oxygen atoms in total. The first kappa shape index (κ1) is 19.2. The number of nitrogens with zero attached hydrogens (tertiary/aromatic N) is 1. The Hall–Kier alpha value is -2.12. The van der Waals surface area contributed by atoms with E-state index in [0.717, 1.165) is 22.7 Å². The van der Waals surface area contributed by atoms with Crippen LogP contribution in [0.4, 0.5) is 15.8 Å². The van der Waals surface area contributed by atoms with Gasteiger partial charge in [-0.1, -0.05) is 18.5 Å². The predicted octanol–water partition coefficient (Wildman–Crippen LogP) is 3.66. The normalized spacial score (nSPS) is 12.5. The van der Waals surface area contributed by atoms with Crippen LogP contribution in [0.3, 0.4) is 0 Å². The van der Waals surface area contributed by atoms with E-state index < -0.39 is 27.8 Å². The van der Waals surface area contributed by atoms with Crippen molar-refractivity contribution in [2.45, 2.75) is 19.4 Å². The molecular formula is C17H18ClFN2O3S. The van der Waals surface area contributed by atoms with Crippen molar-refractivity contribution in [1.29, 1.82) is 0 Å². The zero-order valence-corrected chi connectivity index (χ0v) is 15.3. The minimum absolute atomic E-state index is 0.224. The first-order valence-electron chi connectivity index (χ1n) is 7.53. The molecule has 0 bridgehead atoms. The van der Waals surface area contributed by atoms with Crippen molar-refractivity contribution in [2.24, 2.45) is 0 Å². The molecule has 134 valence electrons. The maximum absolute atomic E-state index is 13.2. The van der Waals surface area contributed by atoms with Gasteiger partial charge in [-0.25, -0.2) is 12.8 Å². The van der Waals surface area contributed by atoms with Gasteiger partial charge in [-0.2, -0.15) is 0 Å². The largest absolute Gasteiger partial charge is 0.324 e. The zero-order valence-electron chi connectivity index (χ0n) is 13.7. The van der Waals surface area contributed by atoms with Gasteiger partial charge in [0.05, 0.1) is 11.9 Å². The fraction of sp³-hybridized carbons (Fsp3) is 0.235.